The minimum Gasteiger partial charge on any atom is -0.485 e. The molecule has 1 aromatic rings. The largest absolute Gasteiger partial charge is 0.485 e. The molecule has 0 unspecified atom stereocenters. The molecule has 0 spiro atoms. The van der Waals surface area contributed by atoms with Crippen LogP contribution in [0, 0.1) is 0 Å². The highest BCUT2D eigenvalue weighted by atomic mass is 79.9. The third-order valence-corrected chi connectivity index (χ3v) is 3.61. The summed E-state index contributed by atoms with van der Waals surface area (Å²) in [5.41, 5.74) is -0.127. The van der Waals surface area contributed by atoms with Gasteiger partial charge in [-0.05, 0) is 47.0 Å². The van der Waals surface area contributed by atoms with Crippen molar-refractivity contribution in [2.75, 3.05) is 5.88 Å². The molecule has 76 valence electrons. The van der Waals surface area contributed by atoms with E-state index in [0.717, 1.165) is 23.1 Å². The lowest BCUT2D eigenvalue weighted by molar-refractivity contribution is 0.202. The third kappa shape index (κ3) is 2.18. The average molecular weight is 296 g/mol. The number of ether oxygens (including phenoxy) is 1. The first kappa shape index (κ1) is 10.6. The van der Waals surface area contributed by atoms with Crippen LogP contribution in [0.3, 0.4) is 0 Å². The third-order valence-electron chi connectivity index (χ3n) is 2.27. The summed E-state index contributed by atoms with van der Waals surface area (Å²) in [5.74, 6) is 1.36. The normalized spacial score (nSPS) is 17.9. The van der Waals surface area contributed by atoms with Gasteiger partial charge in [-0.15, -0.1) is 11.6 Å². The van der Waals surface area contributed by atoms with E-state index in [2.05, 4.69) is 15.9 Å². The summed E-state index contributed by atoms with van der Waals surface area (Å²) in [7, 11) is 0. The lowest BCUT2D eigenvalue weighted by atomic mass is 10.3. The highest BCUT2D eigenvalue weighted by Gasteiger charge is 2.45. The van der Waals surface area contributed by atoms with Crippen LogP contribution in [0.25, 0.3) is 0 Å². The Morgan fingerprint density at radius 2 is 2.14 bits per heavy atom. The molecule has 1 aliphatic carbocycles. The van der Waals surface area contributed by atoms with Crippen LogP contribution in [0.1, 0.15) is 12.8 Å². The van der Waals surface area contributed by atoms with E-state index in [4.69, 9.17) is 27.9 Å². The Hall–Kier alpha value is 0.0800. The first-order valence-electron chi connectivity index (χ1n) is 4.35. The number of benzene rings is 1. The summed E-state index contributed by atoms with van der Waals surface area (Å²) < 4.78 is 6.69. The van der Waals surface area contributed by atoms with Gasteiger partial charge in [0.25, 0.3) is 0 Å². The maximum atomic E-state index is 5.83. The summed E-state index contributed by atoms with van der Waals surface area (Å²) in [6.45, 7) is 0. The molecule has 1 saturated carbocycles. The Morgan fingerprint density at radius 3 is 2.64 bits per heavy atom. The molecule has 0 heterocycles. The van der Waals surface area contributed by atoms with Gasteiger partial charge in [-0.3, -0.25) is 0 Å². The van der Waals surface area contributed by atoms with Crippen LogP contribution in [0.5, 0.6) is 5.75 Å². The van der Waals surface area contributed by atoms with Crippen molar-refractivity contribution in [2.24, 2.45) is 0 Å². The van der Waals surface area contributed by atoms with Crippen LogP contribution in [-0.2, 0) is 0 Å². The van der Waals surface area contributed by atoms with Crippen LogP contribution >= 0.6 is 39.1 Å². The molecule has 1 nitrogen and oxygen atoms in total. The number of rotatable bonds is 3. The zero-order chi connectivity index (χ0) is 10.2. The van der Waals surface area contributed by atoms with Gasteiger partial charge in [0.1, 0.15) is 11.4 Å². The Labute approximate surface area is 101 Å². The lowest BCUT2D eigenvalue weighted by Gasteiger charge is -2.16. The van der Waals surface area contributed by atoms with E-state index < -0.39 is 0 Å². The highest BCUT2D eigenvalue weighted by Crippen LogP contribution is 2.43. The number of hydrogen-bond donors (Lipinski definition) is 0. The number of alkyl halides is 1. The summed E-state index contributed by atoms with van der Waals surface area (Å²) >= 11 is 15.1. The van der Waals surface area contributed by atoms with E-state index in [-0.39, 0.29) is 5.60 Å². The molecule has 0 aliphatic heterocycles. The molecule has 0 aromatic heterocycles. The monoisotopic (exact) mass is 294 g/mol. The van der Waals surface area contributed by atoms with E-state index in [1.807, 2.05) is 18.2 Å². The maximum Gasteiger partial charge on any atom is 0.134 e. The average Bonchev–Trinajstić information content (AvgIpc) is 2.91. The Bertz CT molecular complexity index is 350. The van der Waals surface area contributed by atoms with Crippen molar-refractivity contribution in [3.63, 3.8) is 0 Å². The second-order valence-corrected chi connectivity index (χ2v) is 5.05. The lowest BCUT2D eigenvalue weighted by Crippen LogP contribution is -2.19. The first-order valence-corrected chi connectivity index (χ1v) is 6.06. The minimum absolute atomic E-state index is 0.127. The van der Waals surface area contributed by atoms with Gasteiger partial charge in [0, 0.05) is 5.02 Å². The first-order chi connectivity index (χ1) is 6.65. The fourth-order valence-corrected chi connectivity index (χ4v) is 2.28. The van der Waals surface area contributed by atoms with Crippen molar-refractivity contribution in [1.29, 1.82) is 0 Å². The Morgan fingerprint density at radius 1 is 1.43 bits per heavy atom. The van der Waals surface area contributed by atoms with E-state index in [0.29, 0.717) is 10.9 Å². The fraction of sp³-hybridized carbons (Fsp3) is 0.400. The van der Waals surface area contributed by atoms with Gasteiger partial charge in [0.05, 0.1) is 10.4 Å². The second-order valence-electron chi connectivity index (χ2n) is 3.49. The SMILES string of the molecule is ClCC1(Oc2ccc(Cl)cc2Br)CC1. The molecule has 0 N–H and O–H groups in total. The van der Waals surface area contributed by atoms with Gasteiger partial charge in [0.15, 0.2) is 0 Å². The van der Waals surface area contributed by atoms with Gasteiger partial charge in [-0.25, -0.2) is 0 Å². The van der Waals surface area contributed by atoms with Crippen molar-refractivity contribution in [2.45, 2.75) is 18.4 Å². The van der Waals surface area contributed by atoms with Gasteiger partial charge < -0.3 is 4.74 Å². The predicted molar refractivity (Wildman–Crippen MR) is 62.5 cm³/mol. The molecule has 0 saturated heterocycles. The summed E-state index contributed by atoms with van der Waals surface area (Å²) in [6, 6.07) is 5.49. The zero-order valence-corrected chi connectivity index (χ0v) is 10.5. The molecule has 4 heteroatoms. The van der Waals surface area contributed by atoms with Gasteiger partial charge in [-0.2, -0.15) is 0 Å². The Kier molecular flexibility index (Phi) is 2.96. The van der Waals surface area contributed by atoms with E-state index in [1.54, 1.807) is 0 Å². The molecule has 0 bridgehead atoms. The van der Waals surface area contributed by atoms with Crippen molar-refractivity contribution in [1.82, 2.24) is 0 Å². The highest BCUT2D eigenvalue weighted by molar-refractivity contribution is 9.10. The molecular weight excluding hydrogens is 287 g/mol. The summed E-state index contributed by atoms with van der Waals surface area (Å²) in [5, 5.41) is 0.694. The van der Waals surface area contributed by atoms with E-state index in [9.17, 15) is 0 Å². The van der Waals surface area contributed by atoms with Crippen LogP contribution in [0.15, 0.2) is 22.7 Å². The minimum atomic E-state index is -0.127. The predicted octanol–water partition coefficient (Wildman–Crippen LogP) is 4.25. The Balaban J connectivity index is 2.17. The number of hydrogen-bond acceptors (Lipinski definition) is 1. The van der Waals surface area contributed by atoms with Crippen molar-refractivity contribution in [3.05, 3.63) is 27.7 Å². The molecule has 0 radical (unpaired) electrons. The molecule has 0 amide bonds. The van der Waals surface area contributed by atoms with Gasteiger partial charge >= 0.3 is 0 Å². The van der Waals surface area contributed by atoms with Crippen molar-refractivity contribution < 1.29 is 4.74 Å². The fourth-order valence-electron chi connectivity index (χ4n) is 1.19. The smallest absolute Gasteiger partial charge is 0.134 e. The summed E-state index contributed by atoms with van der Waals surface area (Å²) in [4.78, 5) is 0. The van der Waals surface area contributed by atoms with Crippen LogP contribution in [-0.4, -0.2) is 11.5 Å². The van der Waals surface area contributed by atoms with Crippen molar-refractivity contribution in [3.8, 4) is 5.75 Å². The van der Waals surface area contributed by atoms with Crippen LogP contribution in [0.4, 0.5) is 0 Å². The molecule has 0 atom stereocenters. The van der Waals surface area contributed by atoms with E-state index >= 15 is 0 Å². The van der Waals surface area contributed by atoms with Gasteiger partial charge in [-0.1, -0.05) is 11.6 Å². The molecule has 1 aromatic carbocycles. The van der Waals surface area contributed by atoms with Crippen LogP contribution in [0.2, 0.25) is 5.02 Å². The molecule has 14 heavy (non-hydrogen) atoms. The zero-order valence-electron chi connectivity index (χ0n) is 7.40. The molecule has 1 fully saturated rings. The van der Waals surface area contributed by atoms with E-state index in [1.165, 1.54) is 0 Å². The maximum absolute atomic E-state index is 5.83. The quantitative estimate of drug-likeness (QED) is 0.758. The number of halogens is 3. The summed E-state index contributed by atoms with van der Waals surface area (Å²) in [6.07, 6.45) is 2.07. The second kappa shape index (κ2) is 3.92. The molecule has 2 rings (SSSR count). The molecule has 1 aliphatic rings. The topological polar surface area (TPSA) is 9.23 Å². The standard InChI is InChI=1S/C10H9BrCl2O/c11-8-5-7(13)1-2-9(8)14-10(6-12)3-4-10/h1-2,5H,3-4,6H2. The van der Waals surface area contributed by atoms with Gasteiger partial charge in [0.2, 0.25) is 0 Å². The van der Waals surface area contributed by atoms with Crippen LogP contribution < -0.4 is 4.74 Å². The molecular formula is C10H9BrCl2O. The van der Waals surface area contributed by atoms with Crippen molar-refractivity contribution >= 4 is 39.1 Å².